The summed E-state index contributed by atoms with van der Waals surface area (Å²) in [5.41, 5.74) is 1.44. The standard InChI is InChI=1S/C9H17N/c1-7(2)9-6-10-5-4-8(9)3/h7,9-10H,3-6H2,1-2H3. The Morgan fingerprint density at radius 2 is 2.30 bits per heavy atom. The summed E-state index contributed by atoms with van der Waals surface area (Å²) >= 11 is 0. The maximum Gasteiger partial charge on any atom is 0.00193 e. The van der Waals surface area contributed by atoms with Crippen molar-refractivity contribution in [3.8, 4) is 0 Å². The second-order valence-corrected chi connectivity index (χ2v) is 3.46. The second-order valence-electron chi connectivity index (χ2n) is 3.46. The Balaban J connectivity index is 2.48. The lowest BCUT2D eigenvalue weighted by atomic mass is 9.85. The maximum absolute atomic E-state index is 4.08. The van der Waals surface area contributed by atoms with E-state index in [4.69, 9.17) is 0 Å². The third-order valence-corrected chi connectivity index (χ3v) is 2.32. The minimum atomic E-state index is 0.716. The molecular formula is C9H17N. The van der Waals surface area contributed by atoms with Crippen LogP contribution in [0.1, 0.15) is 20.3 Å². The normalized spacial score (nSPS) is 27.5. The Kier molecular flexibility index (Phi) is 2.50. The van der Waals surface area contributed by atoms with Crippen molar-refractivity contribution in [3.05, 3.63) is 12.2 Å². The Hall–Kier alpha value is -0.300. The minimum absolute atomic E-state index is 0.716. The first-order chi connectivity index (χ1) is 4.72. The van der Waals surface area contributed by atoms with Crippen molar-refractivity contribution in [3.63, 3.8) is 0 Å². The van der Waals surface area contributed by atoms with E-state index in [2.05, 4.69) is 25.7 Å². The van der Waals surface area contributed by atoms with Gasteiger partial charge in [0.05, 0.1) is 0 Å². The van der Waals surface area contributed by atoms with Crippen LogP contribution < -0.4 is 5.32 Å². The predicted molar refractivity (Wildman–Crippen MR) is 45.0 cm³/mol. The van der Waals surface area contributed by atoms with Crippen LogP contribution in [0.3, 0.4) is 0 Å². The zero-order valence-corrected chi connectivity index (χ0v) is 6.98. The number of rotatable bonds is 1. The van der Waals surface area contributed by atoms with Gasteiger partial charge in [0.25, 0.3) is 0 Å². The molecule has 0 spiro atoms. The lowest BCUT2D eigenvalue weighted by molar-refractivity contribution is 0.375. The van der Waals surface area contributed by atoms with Crippen molar-refractivity contribution >= 4 is 0 Å². The molecule has 1 atom stereocenters. The molecular weight excluding hydrogens is 122 g/mol. The van der Waals surface area contributed by atoms with Gasteiger partial charge in [0, 0.05) is 6.54 Å². The van der Waals surface area contributed by atoms with Gasteiger partial charge in [-0.3, -0.25) is 0 Å². The van der Waals surface area contributed by atoms with Gasteiger partial charge in [0.15, 0.2) is 0 Å². The SMILES string of the molecule is C=C1CCNCC1C(C)C. The molecule has 1 nitrogen and oxygen atoms in total. The first-order valence-corrected chi connectivity index (χ1v) is 4.10. The molecule has 1 heterocycles. The van der Waals surface area contributed by atoms with Gasteiger partial charge in [-0.1, -0.05) is 26.0 Å². The molecule has 1 N–H and O–H groups in total. The smallest absolute Gasteiger partial charge is 0.00193 e. The zero-order valence-electron chi connectivity index (χ0n) is 6.98. The molecule has 0 bridgehead atoms. The minimum Gasteiger partial charge on any atom is -0.316 e. The molecule has 58 valence electrons. The molecule has 1 rings (SSSR count). The number of piperidine rings is 1. The Labute approximate surface area is 63.5 Å². The van der Waals surface area contributed by atoms with Gasteiger partial charge < -0.3 is 5.32 Å². The van der Waals surface area contributed by atoms with Crippen molar-refractivity contribution in [1.29, 1.82) is 0 Å². The highest BCUT2D eigenvalue weighted by Gasteiger charge is 2.19. The molecule has 1 aliphatic heterocycles. The molecule has 1 unspecified atom stereocenters. The summed E-state index contributed by atoms with van der Waals surface area (Å²) in [6, 6.07) is 0. The average Bonchev–Trinajstić information content (AvgIpc) is 1.88. The van der Waals surface area contributed by atoms with Crippen LogP contribution in [0.4, 0.5) is 0 Å². The van der Waals surface area contributed by atoms with E-state index in [1.165, 1.54) is 12.0 Å². The summed E-state index contributed by atoms with van der Waals surface area (Å²) in [6.07, 6.45) is 1.17. The highest BCUT2D eigenvalue weighted by atomic mass is 14.9. The summed E-state index contributed by atoms with van der Waals surface area (Å²) in [7, 11) is 0. The topological polar surface area (TPSA) is 12.0 Å². The highest BCUT2D eigenvalue weighted by Crippen LogP contribution is 2.23. The Bertz CT molecular complexity index is 127. The van der Waals surface area contributed by atoms with Crippen LogP contribution in [0.25, 0.3) is 0 Å². The molecule has 1 fully saturated rings. The summed E-state index contributed by atoms with van der Waals surface area (Å²) in [6.45, 7) is 10.9. The largest absolute Gasteiger partial charge is 0.316 e. The summed E-state index contributed by atoms with van der Waals surface area (Å²) < 4.78 is 0. The van der Waals surface area contributed by atoms with E-state index < -0.39 is 0 Å². The van der Waals surface area contributed by atoms with Crippen molar-refractivity contribution in [2.75, 3.05) is 13.1 Å². The molecule has 0 radical (unpaired) electrons. The molecule has 1 aliphatic rings. The molecule has 0 aliphatic carbocycles. The van der Waals surface area contributed by atoms with Gasteiger partial charge >= 0.3 is 0 Å². The van der Waals surface area contributed by atoms with Crippen molar-refractivity contribution in [2.24, 2.45) is 11.8 Å². The predicted octanol–water partition coefficient (Wildman–Crippen LogP) is 1.81. The molecule has 10 heavy (non-hydrogen) atoms. The van der Waals surface area contributed by atoms with E-state index in [1.807, 2.05) is 0 Å². The van der Waals surface area contributed by atoms with Crippen molar-refractivity contribution in [2.45, 2.75) is 20.3 Å². The first-order valence-electron chi connectivity index (χ1n) is 4.10. The molecule has 0 aromatic heterocycles. The fraction of sp³-hybridized carbons (Fsp3) is 0.778. The van der Waals surface area contributed by atoms with Gasteiger partial charge in [-0.15, -0.1) is 0 Å². The second kappa shape index (κ2) is 3.20. The van der Waals surface area contributed by atoms with Crippen LogP contribution in [-0.2, 0) is 0 Å². The summed E-state index contributed by atoms with van der Waals surface area (Å²) in [5, 5.41) is 3.39. The van der Waals surface area contributed by atoms with Crippen LogP contribution >= 0.6 is 0 Å². The quantitative estimate of drug-likeness (QED) is 0.546. The average molecular weight is 139 g/mol. The Morgan fingerprint density at radius 3 is 2.70 bits per heavy atom. The lowest BCUT2D eigenvalue weighted by Gasteiger charge is -2.28. The van der Waals surface area contributed by atoms with E-state index in [-0.39, 0.29) is 0 Å². The molecule has 1 saturated heterocycles. The lowest BCUT2D eigenvalue weighted by Crippen LogP contribution is -2.33. The van der Waals surface area contributed by atoms with Crippen LogP contribution in [-0.4, -0.2) is 13.1 Å². The monoisotopic (exact) mass is 139 g/mol. The van der Waals surface area contributed by atoms with E-state index in [9.17, 15) is 0 Å². The molecule has 0 aromatic carbocycles. The summed E-state index contributed by atoms with van der Waals surface area (Å²) in [5.74, 6) is 1.47. The number of hydrogen-bond donors (Lipinski definition) is 1. The fourth-order valence-electron chi connectivity index (χ4n) is 1.54. The zero-order chi connectivity index (χ0) is 7.56. The third kappa shape index (κ3) is 1.60. The fourth-order valence-corrected chi connectivity index (χ4v) is 1.54. The van der Waals surface area contributed by atoms with E-state index in [1.54, 1.807) is 0 Å². The van der Waals surface area contributed by atoms with Crippen LogP contribution in [0.2, 0.25) is 0 Å². The van der Waals surface area contributed by atoms with Gasteiger partial charge in [-0.25, -0.2) is 0 Å². The molecule has 1 heteroatoms. The van der Waals surface area contributed by atoms with Gasteiger partial charge in [0.1, 0.15) is 0 Å². The molecule has 0 saturated carbocycles. The number of nitrogens with one attached hydrogen (secondary N) is 1. The molecule has 0 aromatic rings. The van der Waals surface area contributed by atoms with Gasteiger partial charge in [-0.05, 0) is 24.8 Å². The van der Waals surface area contributed by atoms with Gasteiger partial charge in [-0.2, -0.15) is 0 Å². The Morgan fingerprint density at radius 1 is 1.60 bits per heavy atom. The summed E-state index contributed by atoms with van der Waals surface area (Å²) in [4.78, 5) is 0. The van der Waals surface area contributed by atoms with Crippen LogP contribution in [0.5, 0.6) is 0 Å². The van der Waals surface area contributed by atoms with E-state index in [0.29, 0.717) is 5.92 Å². The van der Waals surface area contributed by atoms with E-state index >= 15 is 0 Å². The number of hydrogen-bond acceptors (Lipinski definition) is 1. The molecule has 0 amide bonds. The van der Waals surface area contributed by atoms with Crippen LogP contribution in [0.15, 0.2) is 12.2 Å². The van der Waals surface area contributed by atoms with Gasteiger partial charge in [0.2, 0.25) is 0 Å². The van der Waals surface area contributed by atoms with Crippen molar-refractivity contribution < 1.29 is 0 Å². The highest BCUT2D eigenvalue weighted by molar-refractivity contribution is 5.05. The van der Waals surface area contributed by atoms with Crippen molar-refractivity contribution in [1.82, 2.24) is 5.32 Å². The maximum atomic E-state index is 4.08. The third-order valence-electron chi connectivity index (χ3n) is 2.32. The van der Waals surface area contributed by atoms with Crippen LogP contribution in [0, 0.1) is 11.8 Å². The van der Waals surface area contributed by atoms with E-state index in [0.717, 1.165) is 19.0 Å². The first kappa shape index (κ1) is 7.80.